The molecule has 0 aromatic rings. The first-order chi connectivity index (χ1) is 18.6. The lowest BCUT2D eigenvalue weighted by Crippen LogP contribution is -2.08. The van der Waals surface area contributed by atoms with Crippen molar-refractivity contribution in [3.8, 4) is 0 Å². The van der Waals surface area contributed by atoms with E-state index in [4.69, 9.17) is 5.73 Å². The van der Waals surface area contributed by atoms with Crippen LogP contribution in [0.15, 0.2) is 0 Å². The first kappa shape index (κ1) is 39.2. The van der Waals surface area contributed by atoms with Crippen LogP contribution in [0.1, 0.15) is 201 Å². The number of unbranched alkanes of at least 4 members (excludes halogenated alkanes) is 25. The number of carbonyl (C=O) groups is 2. The third-order valence-electron chi connectivity index (χ3n) is 7.30. The Morgan fingerprint density at radius 1 is 0.447 bits per heavy atom. The summed E-state index contributed by atoms with van der Waals surface area (Å²) in [6, 6.07) is 0. The number of esters is 2. The van der Waals surface area contributed by atoms with Gasteiger partial charge in [-0.25, -0.2) is 0 Å². The molecule has 0 rings (SSSR count). The number of nitrogens with two attached hydrogens (primary N) is 1. The largest absolute Gasteiger partial charge is 0.393 e. The van der Waals surface area contributed by atoms with Crippen LogP contribution in [0.4, 0.5) is 0 Å². The Bertz CT molecular complexity index is 453. The molecule has 0 spiro atoms. The second-order valence-electron chi connectivity index (χ2n) is 11.3. The predicted octanol–water partition coefficient (Wildman–Crippen LogP) is 11.0. The lowest BCUT2D eigenvalue weighted by Gasteiger charge is -2.03. The summed E-state index contributed by atoms with van der Waals surface area (Å²) in [5.41, 5.74) is 5.47. The van der Waals surface area contributed by atoms with Gasteiger partial charge in [-0.3, -0.25) is 9.59 Å². The summed E-state index contributed by atoms with van der Waals surface area (Å²) in [4.78, 5) is 21.7. The lowest BCUT2D eigenvalue weighted by atomic mass is 10.0. The van der Waals surface area contributed by atoms with Crippen LogP contribution in [0.2, 0.25) is 0 Å². The van der Waals surface area contributed by atoms with Crippen molar-refractivity contribution in [2.24, 2.45) is 5.73 Å². The van der Waals surface area contributed by atoms with E-state index >= 15 is 0 Å². The van der Waals surface area contributed by atoms with Crippen molar-refractivity contribution in [2.75, 3.05) is 6.54 Å². The average Bonchev–Trinajstić information content (AvgIpc) is 2.89. The molecule has 0 aromatic carbocycles. The highest BCUT2D eigenvalue weighted by atomic mass is 16.6. The van der Waals surface area contributed by atoms with Gasteiger partial charge in [0.15, 0.2) is 0 Å². The Hall–Kier alpha value is -0.900. The van der Waals surface area contributed by atoms with Crippen molar-refractivity contribution < 1.29 is 14.3 Å². The zero-order valence-electron chi connectivity index (χ0n) is 26.3. The summed E-state index contributed by atoms with van der Waals surface area (Å²) in [5.74, 6) is -0.889. The molecule has 0 amide bonds. The molecule has 0 saturated carbocycles. The SMILES string of the molecule is CCCCCCCCCCCCCCCC(=O)OC(C)=O.CCCCCCCCCCCCCCCCN. The first-order valence-corrected chi connectivity index (χ1v) is 17.0. The van der Waals surface area contributed by atoms with Crippen molar-refractivity contribution >= 4 is 11.9 Å². The second kappa shape index (κ2) is 36.1. The van der Waals surface area contributed by atoms with Crippen molar-refractivity contribution in [2.45, 2.75) is 201 Å². The molecule has 0 bridgehead atoms. The summed E-state index contributed by atoms with van der Waals surface area (Å²) in [7, 11) is 0. The van der Waals surface area contributed by atoms with Gasteiger partial charge in [0, 0.05) is 13.3 Å². The monoisotopic (exact) mass is 540 g/mol. The minimum atomic E-state index is -0.505. The lowest BCUT2D eigenvalue weighted by molar-refractivity contribution is -0.158. The first-order valence-electron chi connectivity index (χ1n) is 17.0. The van der Waals surface area contributed by atoms with Crippen molar-refractivity contribution in [1.82, 2.24) is 0 Å². The van der Waals surface area contributed by atoms with Crippen LogP contribution in [0, 0.1) is 0 Å². The number of hydrogen-bond donors (Lipinski definition) is 1. The summed E-state index contributed by atoms with van der Waals surface area (Å²) in [6.07, 6.45) is 36.9. The highest BCUT2D eigenvalue weighted by molar-refractivity contribution is 5.83. The minimum absolute atomic E-state index is 0.372. The van der Waals surface area contributed by atoms with Crippen LogP contribution in [-0.4, -0.2) is 18.5 Å². The maximum Gasteiger partial charge on any atom is 0.313 e. The molecule has 0 aromatic heterocycles. The molecule has 0 aliphatic carbocycles. The van der Waals surface area contributed by atoms with Gasteiger partial charge >= 0.3 is 11.9 Å². The van der Waals surface area contributed by atoms with Gasteiger partial charge in [0.25, 0.3) is 0 Å². The van der Waals surface area contributed by atoms with Gasteiger partial charge in [-0.1, -0.05) is 174 Å². The molecule has 38 heavy (non-hydrogen) atoms. The third-order valence-corrected chi connectivity index (χ3v) is 7.30. The minimum Gasteiger partial charge on any atom is -0.393 e. The van der Waals surface area contributed by atoms with E-state index in [9.17, 15) is 9.59 Å². The zero-order valence-corrected chi connectivity index (χ0v) is 26.3. The fourth-order valence-electron chi connectivity index (χ4n) is 4.84. The standard InChI is InChI=1S/C18H34O3.C16H35N/c1-3-4-5-6-7-8-9-10-11-12-13-14-15-16-18(20)21-17(2)19;1-2-3-4-5-6-7-8-9-10-11-12-13-14-15-16-17/h3-16H2,1-2H3;2-17H2,1H3. The molecule has 0 unspecified atom stereocenters. The summed E-state index contributed by atoms with van der Waals surface area (Å²) < 4.78 is 4.48. The van der Waals surface area contributed by atoms with Crippen LogP contribution in [0.3, 0.4) is 0 Å². The van der Waals surface area contributed by atoms with E-state index in [-0.39, 0.29) is 5.97 Å². The Labute approximate surface area is 239 Å². The molecule has 0 fully saturated rings. The maximum atomic E-state index is 11.1. The molecule has 4 heteroatoms. The molecule has 0 radical (unpaired) electrons. The molecular weight excluding hydrogens is 470 g/mol. The van der Waals surface area contributed by atoms with Crippen LogP contribution >= 0.6 is 0 Å². The smallest absolute Gasteiger partial charge is 0.313 e. The van der Waals surface area contributed by atoms with Gasteiger partial charge < -0.3 is 10.5 Å². The van der Waals surface area contributed by atoms with E-state index < -0.39 is 5.97 Å². The number of carbonyl (C=O) groups excluding carboxylic acids is 2. The van der Waals surface area contributed by atoms with E-state index in [1.54, 1.807) is 0 Å². The summed E-state index contributed by atoms with van der Waals surface area (Å²) >= 11 is 0. The Kier molecular flexibility index (Phi) is 37.3. The number of hydrogen-bond acceptors (Lipinski definition) is 4. The molecule has 0 aliphatic heterocycles. The van der Waals surface area contributed by atoms with Crippen LogP contribution in [0.5, 0.6) is 0 Å². The summed E-state index contributed by atoms with van der Waals surface area (Å²) in [6.45, 7) is 6.68. The van der Waals surface area contributed by atoms with Crippen LogP contribution in [0.25, 0.3) is 0 Å². The van der Waals surface area contributed by atoms with Gasteiger partial charge in [0.05, 0.1) is 0 Å². The predicted molar refractivity (Wildman–Crippen MR) is 166 cm³/mol. The zero-order chi connectivity index (χ0) is 28.4. The molecule has 0 heterocycles. The quantitative estimate of drug-likeness (QED) is 0.0609. The van der Waals surface area contributed by atoms with Gasteiger partial charge in [-0.2, -0.15) is 0 Å². The molecule has 0 aliphatic rings. The van der Waals surface area contributed by atoms with Gasteiger partial charge in [-0.15, -0.1) is 0 Å². The van der Waals surface area contributed by atoms with E-state index in [0.717, 1.165) is 19.4 Å². The van der Waals surface area contributed by atoms with Gasteiger partial charge in [0.1, 0.15) is 0 Å². The topological polar surface area (TPSA) is 69.4 Å². The number of rotatable bonds is 28. The third kappa shape index (κ3) is 39.6. The highest BCUT2D eigenvalue weighted by Gasteiger charge is 2.05. The Morgan fingerprint density at radius 2 is 0.711 bits per heavy atom. The number of ether oxygens (including phenoxy) is 1. The average molecular weight is 540 g/mol. The van der Waals surface area contributed by atoms with Crippen LogP contribution < -0.4 is 5.73 Å². The summed E-state index contributed by atoms with van der Waals surface area (Å²) in [5, 5.41) is 0. The molecule has 2 N–H and O–H groups in total. The van der Waals surface area contributed by atoms with Gasteiger partial charge in [0.2, 0.25) is 0 Å². The van der Waals surface area contributed by atoms with Crippen molar-refractivity contribution in [1.29, 1.82) is 0 Å². The van der Waals surface area contributed by atoms with Crippen molar-refractivity contribution in [3.05, 3.63) is 0 Å². The van der Waals surface area contributed by atoms with E-state index in [0.29, 0.717) is 6.42 Å². The molecule has 0 saturated heterocycles. The molecule has 228 valence electrons. The second-order valence-corrected chi connectivity index (χ2v) is 11.3. The maximum absolute atomic E-state index is 11.1. The van der Waals surface area contributed by atoms with E-state index in [2.05, 4.69) is 18.6 Å². The fourth-order valence-corrected chi connectivity index (χ4v) is 4.84. The van der Waals surface area contributed by atoms with Crippen molar-refractivity contribution in [3.63, 3.8) is 0 Å². The van der Waals surface area contributed by atoms with E-state index in [1.807, 2.05) is 0 Å². The Morgan fingerprint density at radius 3 is 0.974 bits per heavy atom. The molecular formula is C34H69NO3. The van der Waals surface area contributed by atoms with Gasteiger partial charge in [-0.05, 0) is 19.4 Å². The normalized spacial score (nSPS) is 10.7. The highest BCUT2D eigenvalue weighted by Crippen LogP contribution is 2.14. The molecule has 0 atom stereocenters. The van der Waals surface area contributed by atoms with E-state index in [1.165, 1.54) is 167 Å². The fraction of sp³-hybridized carbons (Fsp3) is 0.941. The van der Waals surface area contributed by atoms with Crippen LogP contribution in [-0.2, 0) is 14.3 Å². The Balaban J connectivity index is 0. The molecule has 4 nitrogen and oxygen atoms in total.